The molecule has 1 amide bonds. The van der Waals surface area contributed by atoms with E-state index in [9.17, 15) is 9.59 Å². The molecule has 0 atom stereocenters. The zero-order valence-corrected chi connectivity index (χ0v) is 13.1. The van der Waals surface area contributed by atoms with Crippen LogP contribution in [0.3, 0.4) is 0 Å². The minimum absolute atomic E-state index is 0.0917. The monoisotopic (exact) mass is 303 g/mol. The molecule has 22 heavy (non-hydrogen) atoms. The summed E-state index contributed by atoms with van der Waals surface area (Å²) in [7, 11) is 0. The van der Waals surface area contributed by atoms with Crippen molar-refractivity contribution in [3.8, 4) is 0 Å². The maximum atomic E-state index is 12.0. The van der Waals surface area contributed by atoms with E-state index in [4.69, 9.17) is 0 Å². The molecular formula is C17H25N3O2. The third kappa shape index (κ3) is 4.18. The molecule has 1 N–H and O–H groups in total. The molecule has 0 bridgehead atoms. The van der Waals surface area contributed by atoms with Crippen LogP contribution in [0, 0.1) is 5.92 Å². The number of carbonyl (C=O) groups is 1. The van der Waals surface area contributed by atoms with Gasteiger partial charge in [0.05, 0.1) is 12.2 Å². The van der Waals surface area contributed by atoms with Crippen LogP contribution in [0.4, 0.5) is 0 Å². The third-order valence-electron chi connectivity index (χ3n) is 4.73. The number of rotatable bonds is 6. The van der Waals surface area contributed by atoms with Gasteiger partial charge in [-0.25, -0.2) is 4.68 Å². The van der Waals surface area contributed by atoms with Gasteiger partial charge in [-0.1, -0.05) is 19.3 Å². The fourth-order valence-corrected chi connectivity index (χ4v) is 3.25. The predicted molar refractivity (Wildman–Crippen MR) is 84.7 cm³/mol. The Morgan fingerprint density at radius 3 is 2.68 bits per heavy atom. The maximum absolute atomic E-state index is 12.0. The van der Waals surface area contributed by atoms with Crippen molar-refractivity contribution in [2.75, 3.05) is 6.54 Å². The largest absolute Gasteiger partial charge is 0.354 e. The second-order valence-corrected chi connectivity index (χ2v) is 6.65. The number of hydrogen-bond donors (Lipinski definition) is 1. The fraction of sp³-hybridized carbons (Fsp3) is 0.706. The smallest absolute Gasteiger partial charge is 0.266 e. The van der Waals surface area contributed by atoms with Crippen molar-refractivity contribution in [3.05, 3.63) is 28.2 Å². The summed E-state index contributed by atoms with van der Waals surface area (Å²) in [5, 5.41) is 7.33. The standard InChI is InChI=1S/C17H25N3O2/c21-16(12-13-4-2-1-3-5-13)18-10-11-20-17(22)9-8-15(19-20)14-6-7-14/h8-9,13-14H,1-7,10-12H2,(H,18,21). The zero-order valence-electron chi connectivity index (χ0n) is 13.1. The molecular weight excluding hydrogens is 278 g/mol. The van der Waals surface area contributed by atoms with E-state index < -0.39 is 0 Å². The van der Waals surface area contributed by atoms with E-state index in [0.717, 1.165) is 5.69 Å². The van der Waals surface area contributed by atoms with E-state index in [0.29, 0.717) is 31.3 Å². The summed E-state index contributed by atoms with van der Waals surface area (Å²) in [5.41, 5.74) is 0.916. The fourth-order valence-electron chi connectivity index (χ4n) is 3.25. The summed E-state index contributed by atoms with van der Waals surface area (Å²) in [5.74, 6) is 1.19. The van der Waals surface area contributed by atoms with E-state index >= 15 is 0 Å². The number of nitrogens with one attached hydrogen (secondary N) is 1. The van der Waals surface area contributed by atoms with Gasteiger partial charge in [-0.2, -0.15) is 5.10 Å². The van der Waals surface area contributed by atoms with Gasteiger partial charge in [-0.15, -0.1) is 0 Å². The van der Waals surface area contributed by atoms with Crippen molar-refractivity contribution < 1.29 is 4.79 Å². The normalized spacial score (nSPS) is 19.1. The Morgan fingerprint density at radius 1 is 1.18 bits per heavy atom. The molecule has 0 spiro atoms. The van der Waals surface area contributed by atoms with Gasteiger partial charge in [0.15, 0.2) is 0 Å². The second-order valence-electron chi connectivity index (χ2n) is 6.65. The molecule has 5 nitrogen and oxygen atoms in total. The molecule has 3 rings (SSSR count). The highest BCUT2D eigenvalue weighted by Gasteiger charge is 2.25. The van der Waals surface area contributed by atoms with Gasteiger partial charge in [-0.05, 0) is 37.7 Å². The highest BCUT2D eigenvalue weighted by atomic mass is 16.1. The first-order valence-electron chi connectivity index (χ1n) is 8.57. The zero-order chi connectivity index (χ0) is 15.4. The molecule has 120 valence electrons. The quantitative estimate of drug-likeness (QED) is 0.876. The molecule has 2 saturated carbocycles. The summed E-state index contributed by atoms with van der Waals surface area (Å²) >= 11 is 0. The highest BCUT2D eigenvalue weighted by molar-refractivity contribution is 5.76. The Hall–Kier alpha value is -1.65. The first kappa shape index (κ1) is 15.3. The van der Waals surface area contributed by atoms with E-state index in [1.807, 2.05) is 6.07 Å². The molecule has 2 aliphatic rings. The highest BCUT2D eigenvalue weighted by Crippen LogP contribution is 2.38. The number of aromatic nitrogens is 2. The molecule has 0 aliphatic heterocycles. The summed E-state index contributed by atoms with van der Waals surface area (Å²) in [4.78, 5) is 23.7. The SMILES string of the molecule is O=C(CC1CCCCC1)NCCn1nc(C2CC2)ccc1=O. The lowest BCUT2D eigenvalue weighted by molar-refractivity contribution is -0.122. The molecule has 0 unspecified atom stereocenters. The van der Waals surface area contributed by atoms with Crippen LogP contribution in [0.2, 0.25) is 0 Å². The topological polar surface area (TPSA) is 64.0 Å². The van der Waals surface area contributed by atoms with E-state index in [-0.39, 0.29) is 11.5 Å². The third-order valence-corrected chi connectivity index (χ3v) is 4.73. The van der Waals surface area contributed by atoms with E-state index in [1.165, 1.54) is 49.6 Å². The second kappa shape index (κ2) is 7.07. The first-order chi connectivity index (χ1) is 10.7. The summed E-state index contributed by atoms with van der Waals surface area (Å²) in [6.07, 6.45) is 9.15. The number of amides is 1. The van der Waals surface area contributed by atoms with Gasteiger partial charge in [0.2, 0.25) is 5.91 Å². The lowest BCUT2D eigenvalue weighted by Gasteiger charge is -2.20. The Bertz CT molecular complexity index is 572. The Balaban J connectivity index is 1.45. The minimum atomic E-state index is -0.0917. The van der Waals surface area contributed by atoms with Gasteiger partial charge in [0, 0.05) is 24.9 Å². The maximum Gasteiger partial charge on any atom is 0.266 e. The average Bonchev–Trinajstić information content (AvgIpc) is 3.35. The van der Waals surface area contributed by atoms with Gasteiger partial charge < -0.3 is 5.32 Å². The molecule has 1 aromatic rings. The Kier molecular flexibility index (Phi) is 4.90. The van der Waals surface area contributed by atoms with Crippen LogP contribution in [-0.2, 0) is 11.3 Å². The van der Waals surface area contributed by atoms with Crippen LogP contribution in [0.15, 0.2) is 16.9 Å². The lowest BCUT2D eigenvalue weighted by Crippen LogP contribution is -2.33. The van der Waals surface area contributed by atoms with Crippen LogP contribution in [-0.4, -0.2) is 22.2 Å². The van der Waals surface area contributed by atoms with Crippen molar-refractivity contribution in [3.63, 3.8) is 0 Å². The molecule has 1 aromatic heterocycles. The van der Waals surface area contributed by atoms with Crippen molar-refractivity contribution >= 4 is 5.91 Å². The van der Waals surface area contributed by atoms with E-state index in [1.54, 1.807) is 6.07 Å². The molecule has 2 aliphatic carbocycles. The predicted octanol–water partition coefficient (Wildman–Crippen LogP) is 2.21. The van der Waals surface area contributed by atoms with Crippen molar-refractivity contribution in [1.82, 2.24) is 15.1 Å². The van der Waals surface area contributed by atoms with Crippen LogP contribution >= 0.6 is 0 Å². The van der Waals surface area contributed by atoms with Crippen LogP contribution in [0.25, 0.3) is 0 Å². The molecule has 2 fully saturated rings. The van der Waals surface area contributed by atoms with Gasteiger partial charge in [0.25, 0.3) is 5.56 Å². The molecule has 0 saturated heterocycles. The van der Waals surface area contributed by atoms with Crippen LogP contribution in [0.1, 0.15) is 63.0 Å². The summed E-state index contributed by atoms with van der Waals surface area (Å²) < 4.78 is 1.48. The lowest BCUT2D eigenvalue weighted by atomic mass is 9.87. The number of carbonyl (C=O) groups excluding carboxylic acids is 1. The molecule has 1 heterocycles. The molecule has 0 radical (unpaired) electrons. The van der Waals surface area contributed by atoms with Crippen molar-refractivity contribution in [1.29, 1.82) is 0 Å². The van der Waals surface area contributed by atoms with E-state index in [2.05, 4.69) is 10.4 Å². The summed E-state index contributed by atoms with van der Waals surface area (Å²) in [6, 6.07) is 3.42. The number of hydrogen-bond acceptors (Lipinski definition) is 3. The molecule has 5 heteroatoms. The van der Waals surface area contributed by atoms with Crippen LogP contribution < -0.4 is 10.9 Å². The average molecular weight is 303 g/mol. The van der Waals surface area contributed by atoms with Gasteiger partial charge >= 0.3 is 0 Å². The van der Waals surface area contributed by atoms with Crippen LogP contribution in [0.5, 0.6) is 0 Å². The number of nitrogens with zero attached hydrogens (tertiary/aromatic N) is 2. The van der Waals surface area contributed by atoms with Crippen molar-refractivity contribution in [2.45, 2.75) is 63.8 Å². The minimum Gasteiger partial charge on any atom is -0.354 e. The Morgan fingerprint density at radius 2 is 1.95 bits per heavy atom. The Labute approximate surface area is 131 Å². The van der Waals surface area contributed by atoms with Gasteiger partial charge in [0.1, 0.15) is 0 Å². The first-order valence-corrected chi connectivity index (χ1v) is 8.57. The molecule has 0 aromatic carbocycles. The summed E-state index contributed by atoms with van der Waals surface area (Å²) in [6.45, 7) is 0.933. The van der Waals surface area contributed by atoms with Crippen molar-refractivity contribution in [2.24, 2.45) is 5.92 Å². The van der Waals surface area contributed by atoms with Gasteiger partial charge in [-0.3, -0.25) is 9.59 Å².